The maximum Gasteiger partial charge on any atom is 0.269 e. The molecule has 1 aliphatic rings. The Hall–Kier alpha value is -2.15. The van der Waals surface area contributed by atoms with E-state index in [2.05, 4.69) is 0 Å². The first-order valence-corrected chi connectivity index (χ1v) is 6.33. The van der Waals surface area contributed by atoms with E-state index in [4.69, 9.17) is 9.47 Å². The smallest absolute Gasteiger partial charge is 0.269 e. The molecule has 2 rings (SSSR count). The van der Waals surface area contributed by atoms with Gasteiger partial charge in [-0.3, -0.25) is 14.9 Å². The van der Waals surface area contributed by atoms with Gasteiger partial charge in [0.25, 0.3) is 11.6 Å². The van der Waals surface area contributed by atoms with Crippen LogP contribution >= 0.6 is 0 Å². The van der Waals surface area contributed by atoms with Crippen molar-refractivity contribution in [2.24, 2.45) is 0 Å². The Kier molecular flexibility index (Phi) is 4.52. The Labute approximate surface area is 116 Å². The van der Waals surface area contributed by atoms with Gasteiger partial charge in [-0.15, -0.1) is 0 Å². The largest absolute Gasteiger partial charge is 0.484 e. The van der Waals surface area contributed by atoms with Crippen LogP contribution in [-0.2, 0) is 9.53 Å². The van der Waals surface area contributed by atoms with Crippen molar-refractivity contribution in [3.05, 3.63) is 34.4 Å². The first-order chi connectivity index (χ1) is 9.56. The molecule has 1 aliphatic heterocycles. The number of nitrogens with zero attached hydrogens (tertiary/aromatic N) is 2. The van der Waals surface area contributed by atoms with Gasteiger partial charge < -0.3 is 14.4 Å². The molecule has 1 aromatic carbocycles. The average molecular weight is 280 g/mol. The molecule has 7 heteroatoms. The molecule has 0 bridgehead atoms. The van der Waals surface area contributed by atoms with Crippen molar-refractivity contribution in [1.29, 1.82) is 0 Å². The molecule has 1 aromatic rings. The lowest BCUT2D eigenvalue weighted by Gasteiger charge is -2.31. The van der Waals surface area contributed by atoms with Gasteiger partial charge in [-0.05, 0) is 19.1 Å². The summed E-state index contributed by atoms with van der Waals surface area (Å²) in [4.78, 5) is 23.6. The zero-order valence-electron chi connectivity index (χ0n) is 11.2. The Morgan fingerprint density at radius 1 is 1.50 bits per heavy atom. The Morgan fingerprint density at radius 3 is 2.80 bits per heavy atom. The molecule has 1 unspecified atom stereocenters. The molecular weight excluding hydrogens is 264 g/mol. The normalized spacial score (nSPS) is 18.6. The van der Waals surface area contributed by atoms with Crippen LogP contribution < -0.4 is 4.74 Å². The van der Waals surface area contributed by atoms with Crippen molar-refractivity contribution in [1.82, 2.24) is 4.90 Å². The van der Waals surface area contributed by atoms with Gasteiger partial charge in [0.05, 0.1) is 17.6 Å². The van der Waals surface area contributed by atoms with Crippen LogP contribution in [0.1, 0.15) is 6.92 Å². The van der Waals surface area contributed by atoms with Crippen molar-refractivity contribution >= 4 is 11.6 Å². The fraction of sp³-hybridized carbons (Fsp3) is 0.462. The number of carbonyl (C=O) groups excluding carboxylic acids is 1. The van der Waals surface area contributed by atoms with Crippen LogP contribution in [0.3, 0.4) is 0 Å². The van der Waals surface area contributed by atoms with Crippen LogP contribution in [-0.4, -0.2) is 48.1 Å². The number of rotatable bonds is 4. The zero-order chi connectivity index (χ0) is 14.5. The molecule has 1 atom stereocenters. The molecule has 0 N–H and O–H groups in total. The predicted octanol–water partition coefficient (Wildman–Crippen LogP) is 1.22. The number of amides is 1. The maximum absolute atomic E-state index is 11.9. The predicted molar refractivity (Wildman–Crippen MR) is 70.6 cm³/mol. The van der Waals surface area contributed by atoms with E-state index in [1.54, 1.807) is 4.90 Å². The first kappa shape index (κ1) is 14.3. The molecule has 0 spiro atoms. The van der Waals surface area contributed by atoms with E-state index in [0.717, 1.165) is 0 Å². The van der Waals surface area contributed by atoms with Gasteiger partial charge in [0.1, 0.15) is 5.75 Å². The number of non-ortho nitro benzene ring substituents is 1. The van der Waals surface area contributed by atoms with E-state index in [0.29, 0.717) is 25.4 Å². The van der Waals surface area contributed by atoms with Gasteiger partial charge in [0.2, 0.25) is 0 Å². The van der Waals surface area contributed by atoms with Crippen LogP contribution in [0, 0.1) is 10.1 Å². The van der Waals surface area contributed by atoms with Gasteiger partial charge in [-0.1, -0.05) is 0 Å². The number of ether oxygens (including phenoxy) is 2. The van der Waals surface area contributed by atoms with Gasteiger partial charge in [-0.25, -0.2) is 0 Å². The lowest BCUT2D eigenvalue weighted by atomic mass is 10.3. The second-order valence-electron chi connectivity index (χ2n) is 4.56. The van der Waals surface area contributed by atoms with E-state index < -0.39 is 4.92 Å². The summed E-state index contributed by atoms with van der Waals surface area (Å²) in [6.07, 6.45) is 0.0343. The number of hydrogen-bond donors (Lipinski definition) is 0. The van der Waals surface area contributed by atoms with E-state index in [1.165, 1.54) is 24.3 Å². The number of hydrogen-bond acceptors (Lipinski definition) is 5. The molecule has 1 saturated heterocycles. The van der Waals surface area contributed by atoms with Crippen molar-refractivity contribution in [3.63, 3.8) is 0 Å². The van der Waals surface area contributed by atoms with Gasteiger partial charge in [-0.2, -0.15) is 0 Å². The first-order valence-electron chi connectivity index (χ1n) is 6.33. The second kappa shape index (κ2) is 6.33. The summed E-state index contributed by atoms with van der Waals surface area (Å²) >= 11 is 0. The summed E-state index contributed by atoms with van der Waals surface area (Å²) in [5.74, 6) is 0.323. The molecule has 0 saturated carbocycles. The summed E-state index contributed by atoms with van der Waals surface area (Å²) in [5, 5.41) is 10.5. The third-order valence-electron chi connectivity index (χ3n) is 3.00. The highest BCUT2D eigenvalue weighted by Crippen LogP contribution is 2.17. The van der Waals surface area contributed by atoms with E-state index in [9.17, 15) is 14.9 Å². The highest BCUT2D eigenvalue weighted by atomic mass is 16.6. The topological polar surface area (TPSA) is 81.9 Å². The SMILES string of the molecule is CC1CN(C(=O)COc2ccc([N+](=O)[O-])cc2)CCO1. The molecule has 108 valence electrons. The fourth-order valence-corrected chi connectivity index (χ4v) is 1.95. The molecule has 0 aromatic heterocycles. The quantitative estimate of drug-likeness (QED) is 0.612. The maximum atomic E-state index is 11.9. The van der Waals surface area contributed by atoms with Crippen LogP contribution in [0.5, 0.6) is 5.75 Å². The lowest BCUT2D eigenvalue weighted by molar-refractivity contribution is -0.384. The molecular formula is C13H16N2O5. The van der Waals surface area contributed by atoms with Crippen LogP contribution in [0.4, 0.5) is 5.69 Å². The monoisotopic (exact) mass is 280 g/mol. The Morgan fingerprint density at radius 2 is 2.20 bits per heavy atom. The van der Waals surface area contributed by atoms with Crippen LogP contribution in [0.2, 0.25) is 0 Å². The number of nitro groups is 1. The molecule has 0 aliphatic carbocycles. The summed E-state index contributed by atoms with van der Waals surface area (Å²) < 4.78 is 10.7. The third-order valence-corrected chi connectivity index (χ3v) is 3.00. The fourth-order valence-electron chi connectivity index (χ4n) is 1.95. The molecule has 7 nitrogen and oxygen atoms in total. The van der Waals surface area contributed by atoms with E-state index in [-0.39, 0.29) is 24.3 Å². The molecule has 0 radical (unpaired) electrons. The highest BCUT2D eigenvalue weighted by Gasteiger charge is 2.21. The van der Waals surface area contributed by atoms with Crippen molar-refractivity contribution in [2.45, 2.75) is 13.0 Å². The van der Waals surface area contributed by atoms with Crippen molar-refractivity contribution < 1.29 is 19.2 Å². The standard InChI is InChI=1S/C13H16N2O5/c1-10-8-14(6-7-19-10)13(16)9-20-12-4-2-11(3-5-12)15(17)18/h2-5,10H,6-9H2,1H3. The Balaban J connectivity index is 1.85. The van der Waals surface area contributed by atoms with Gasteiger partial charge in [0, 0.05) is 25.2 Å². The summed E-state index contributed by atoms with van der Waals surface area (Å²) in [6, 6.07) is 5.65. The minimum atomic E-state index is -0.482. The van der Waals surface area contributed by atoms with Crippen LogP contribution in [0.25, 0.3) is 0 Å². The third kappa shape index (κ3) is 3.67. The van der Waals surface area contributed by atoms with Crippen molar-refractivity contribution in [3.8, 4) is 5.75 Å². The molecule has 1 amide bonds. The van der Waals surface area contributed by atoms with Crippen LogP contribution in [0.15, 0.2) is 24.3 Å². The summed E-state index contributed by atoms with van der Waals surface area (Å²) in [5.41, 5.74) is -0.00863. The minimum Gasteiger partial charge on any atom is -0.484 e. The second-order valence-corrected chi connectivity index (χ2v) is 4.56. The zero-order valence-corrected chi connectivity index (χ0v) is 11.2. The molecule has 1 heterocycles. The summed E-state index contributed by atoms with van der Waals surface area (Å²) in [6.45, 7) is 3.49. The molecule has 20 heavy (non-hydrogen) atoms. The lowest BCUT2D eigenvalue weighted by Crippen LogP contribution is -2.46. The molecule has 1 fully saturated rings. The highest BCUT2D eigenvalue weighted by molar-refractivity contribution is 5.77. The average Bonchev–Trinajstić information content (AvgIpc) is 2.45. The number of morpholine rings is 1. The van der Waals surface area contributed by atoms with Crippen molar-refractivity contribution in [2.75, 3.05) is 26.3 Å². The van der Waals surface area contributed by atoms with Gasteiger partial charge >= 0.3 is 0 Å². The number of carbonyl (C=O) groups is 1. The van der Waals surface area contributed by atoms with Gasteiger partial charge in [0.15, 0.2) is 6.61 Å². The van der Waals surface area contributed by atoms with E-state index >= 15 is 0 Å². The Bertz CT molecular complexity index is 488. The minimum absolute atomic E-state index is 0.00863. The van der Waals surface area contributed by atoms with E-state index in [1.807, 2.05) is 6.92 Å². The number of benzene rings is 1. The number of nitro benzene ring substituents is 1. The summed E-state index contributed by atoms with van der Waals surface area (Å²) in [7, 11) is 0.